The molecule has 0 saturated heterocycles. The molecule has 5 rings (SSSR count). The summed E-state index contributed by atoms with van der Waals surface area (Å²) in [4.78, 5) is 26.5. The topological polar surface area (TPSA) is 78.9 Å². The second-order valence-corrected chi connectivity index (χ2v) is 8.99. The maximum absolute atomic E-state index is 12.7. The smallest absolute Gasteiger partial charge is 0.336 e. The fourth-order valence-corrected chi connectivity index (χ4v) is 4.58. The van der Waals surface area contributed by atoms with Crippen LogP contribution in [0.1, 0.15) is 31.8 Å². The van der Waals surface area contributed by atoms with E-state index < -0.39 is 5.97 Å². The molecule has 2 N–H and O–H groups in total. The number of ether oxygens (including phenoxy) is 1. The molecule has 6 nitrogen and oxygen atoms in total. The largest absolute Gasteiger partial charge is 0.490 e. The van der Waals surface area contributed by atoms with Gasteiger partial charge in [0.15, 0.2) is 0 Å². The number of carbonyl (C=O) groups is 2. The van der Waals surface area contributed by atoms with E-state index in [2.05, 4.69) is 22.3 Å². The third kappa shape index (κ3) is 5.64. The quantitative estimate of drug-likeness (QED) is 0.343. The van der Waals surface area contributed by atoms with Gasteiger partial charge >= 0.3 is 5.97 Å². The van der Waals surface area contributed by atoms with Crippen LogP contribution in [-0.2, 0) is 13.0 Å². The number of aromatic carboxylic acids is 1. The Morgan fingerprint density at radius 1 is 0.865 bits per heavy atom. The van der Waals surface area contributed by atoms with E-state index >= 15 is 0 Å². The molecule has 6 heteroatoms. The first kappa shape index (κ1) is 24.1. The van der Waals surface area contributed by atoms with E-state index in [0.29, 0.717) is 36.6 Å². The van der Waals surface area contributed by atoms with Gasteiger partial charge in [-0.05, 0) is 52.9 Å². The van der Waals surface area contributed by atoms with Crippen LogP contribution in [0, 0.1) is 0 Å². The molecule has 0 fully saturated rings. The number of hydrogen-bond acceptors (Lipinski definition) is 4. The molecule has 0 aliphatic carbocycles. The number of benzene rings is 4. The number of hydrogen-bond donors (Lipinski definition) is 2. The number of carboxylic acid groups (broad SMARTS) is 1. The van der Waals surface area contributed by atoms with Gasteiger partial charge in [-0.25, -0.2) is 4.79 Å². The van der Waals surface area contributed by atoms with Crippen LogP contribution < -0.4 is 15.0 Å². The molecule has 0 spiro atoms. The first-order chi connectivity index (χ1) is 18.1. The summed E-state index contributed by atoms with van der Waals surface area (Å²) >= 11 is 0. The first-order valence-corrected chi connectivity index (χ1v) is 12.3. The normalized spacial score (nSPS) is 12.4. The number of nitrogens with zero attached hydrogens (tertiary/aromatic N) is 1. The SMILES string of the molecule is O=C(NCCc1ccccc1)c1ccc2c(c1)OCCN2Cc1ccc(-c2ccccc2C(=O)O)cc1. The number of amides is 1. The van der Waals surface area contributed by atoms with Crippen molar-refractivity contribution in [2.24, 2.45) is 0 Å². The average molecular weight is 493 g/mol. The molecule has 4 aromatic rings. The van der Waals surface area contributed by atoms with Crippen LogP contribution in [0.5, 0.6) is 5.75 Å². The zero-order valence-corrected chi connectivity index (χ0v) is 20.4. The van der Waals surface area contributed by atoms with Crippen molar-refractivity contribution in [1.29, 1.82) is 0 Å². The Morgan fingerprint density at radius 2 is 1.62 bits per heavy atom. The highest BCUT2D eigenvalue weighted by Crippen LogP contribution is 2.34. The molecule has 1 aliphatic rings. The molecule has 0 aromatic heterocycles. The lowest BCUT2D eigenvalue weighted by Gasteiger charge is -2.31. The van der Waals surface area contributed by atoms with Gasteiger partial charge in [0.25, 0.3) is 5.91 Å². The minimum absolute atomic E-state index is 0.114. The Kier molecular flexibility index (Phi) is 7.17. The summed E-state index contributed by atoms with van der Waals surface area (Å²) < 4.78 is 5.89. The van der Waals surface area contributed by atoms with E-state index in [4.69, 9.17) is 4.74 Å². The lowest BCUT2D eigenvalue weighted by atomic mass is 9.98. The van der Waals surface area contributed by atoms with E-state index in [1.54, 1.807) is 12.1 Å². The van der Waals surface area contributed by atoms with Crippen LogP contribution in [0.4, 0.5) is 5.69 Å². The monoisotopic (exact) mass is 492 g/mol. The molecule has 186 valence electrons. The number of carbonyl (C=O) groups excluding carboxylic acids is 1. The van der Waals surface area contributed by atoms with Crippen LogP contribution in [0.15, 0.2) is 97.1 Å². The molecule has 1 aliphatic heterocycles. The molecule has 0 radical (unpaired) electrons. The fourth-order valence-electron chi connectivity index (χ4n) is 4.58. The maximum Gasteiger partial charge on any atom is 0.336 e. The highest BCUT2D eigenvalue weighted by molar-refractivity contribution is 5.96. The molecule has 4 aromatic carbocycles. The molecular weight excluding hydrogens is 464 g/mol. The Labute approximate surface area is 216 Å². The van der Waals surface area contributed by atoms with Gasteiger partial charge in [-0.15, -0.1) is 0 Å². The first-order valence-electron chi connectivity index (χ1n) is 12.3. The van der Waals surface area contributed by atoms with Crippen molar-refractivity contribution in [2.75, 3.05) is 24.6 Å². The minimum atomic E-state index is -0.936. The van der Waals surface area contributed by atoms with Crippen molar-refractivity contribution in [2.45, 2.75) is 13.0 Å². The Balaban J connectivity index is 1.25. The van der Waals surface area contributed by atoms with Crippen LogP contribution >= 0.6 is 0 Å². The molecule has 1 heterocycles. The van der Waals surface area contributed by atoms with Crippen molar-refractivity contribution in [3.05, 3.63) is 119 Å². The lowest BCUT2D eigenvalue weighted by molar-refractivity contribution is 0.0697. The lowest BCUT2D eigenvalue weighted by Crippen LogP contribution is -2.32. The van der Waals surface area contributed by atoms with Crippen LogP contribution in [-0.4, -0.2) is 36.7 Å². The molecule has 0 bridgehead atoms. The summed E-state index contributed by atoms with van der Waals surface area (Å²) in [5.74, 6) is -0.348. The third-order valence-electron chi connectivity index (χ3n) is 6.52. The van der Waals surface area contributed by atoms with Crippen LogP contribution in [0.3, 0.4) is 0 Å². The Hall–Kier alpha value is -4.58. The van der Waals surface area contributed by atoms with Gasteiger partial charge in [0, 0.05) is 18.7 Å². The van der Waals surface area contributed by atoms with Crippen molar-refractivity contribution in [3.63, 3.8) is 0 Å². The minimum Gasteiger partial charge on any atom is -0.490 e. The number of nitrogens with one attached hydrogen (secondary N) is 1. The van der Waals surface area contributed by atoms with E-state index in [-0.39, 0.29) is 11.5 Å². The van der Waals surface area contributed by atoms with E-state index in [0.717, 1.165) is 29.8 Å². The number of anilines is 1. The Bertz CT molecular complexity index is 1400. The van der Waals surface area contributed by atoms with Gasteiger partial charge in [0.1, 0.15) is 12.4 Å². The predicted molar refractivity (Wildman–Crippen MR) is 144 cm³/mol. The highest BCUT2D eigenvalue weighted by Gasteiger charge is 2.20. The second-order valence-electron chi connectivity index (χ2n) is 8.99. The summed E-state index contributed by atoms with van der Waals surface area (Å²) in [7, 11) is 0. The summed E-state index contributed by atoms with van der Waals surface area (Å²) in [5.41, 5.74) is 5.68. The van der Waals surface area contributed by atoms with Gasteiger partial charge < -0.3 is 20.1 Å². The zero-order valence-electron chi connectivity index (χ0n) is 20.4. The van der Waals surface area contributed by atoms with Crippen molar-refractivity contribution in [1.82, 2.24) is 5.32 Å². The number of rotatable bonds is 8. The summed E-state index contributed by atoms with van der Waals surface area (Å²) in [6.45, 7) is 2.52. The van der Waals surface area contributed by atoms with Crippen molar-refractivity contribution >= 4 is 17.6 Å². The summed E-state index contributed by atoms with van der Waals surface area (Å²) in [5, 5.41) is 12.5. The average Bonchev–Trinajstić information content (AvgIpc) is 2.94. The van der Waals surface area contributed by atoms with Crippen molar-refractivity contribution < 1.29 is 19.4 Å². The molecular formula is C31H28N2O4. The van der Waals surface area contributed by atoms with Gasteiger partial charge in [-0.3, -0.25) is 4.79 Å². The van der Waals surface area contributed by atoms with E-state index in [9.17, 15) is 14.7 Å². The highest BCUT2D eigenvalue weighted by atomic mass is 16.5. The van der Waals surface area contributed by atoms with Gasteiger partial charge in [0.2, 0.25) is 0 Å². The molecule has 37 heavy (non-hydrogen) atoms. The standard InChI is InChI=1S/C31H28N2O4/c34-30(32-17-16-22-6-2-1-3-7-22)25-14-15-28-29(20-25)37-19-18-33(28)21-23-10-12-24(13-11-23)26-8-4-5-9-27(26)31(35)36/h1-15,20H,16-19,21H2,(H,32,34)(H,35,36). The second kappa shape index (κ2) is 11.0. The molecule has 0 atom stereocenters. The van der Waals surface area contributed by atoms with Crippen LogP contribution in [0.2, 0.25) is 0 Å². The molecule has 1 amide bonds. The third-order valence-corrected chi connectivity index (χ3v) is 6.52. The fraction of sp³-hybridized carbons (Fsp3) is 0.161. The van der Waals surface area contributed by atoms with Gasteiger partial charge in [-0.1, -0.05) is 72.8 Å². The van der Waals surface area contributed by atoms with E-state index in [1.165, 1.54) is 5.56 Å². The molecule has 0 unspecified atom stereocenters. The maximum atomic E-state index is 12.7. The number of fused-ring (bicyclic) bond motifs is 1. The zero-order chi connectivity index (χ0) is 25.6. The number of carboxylic acids is 1. The van der Waals surface area contributed by atoms with E-state index in [1.807, 2.05) is 72.8 Å². The Morgan fingerprint density at radius 3 is 2.41 bits per heavy atom. The van der Waals surface area contributed by atoms with Gasteiger partial charge in [0.05, 0.1) is 17.8 Å². The predicted octanol–water partition coefficient (Wildman–Crippen LogP) is 5.42. The molecule has 0 saturated carbocycles. The summed E-state index contributed by atoms with van der Waals surface area (Å²) in [6, 6.07) is 30.7. The van der Waals surface area contributed by atoms with Crippen LogP contribution in [0.25, 0.3) is 11.1 Å². The summed E-state index contributed by atoms with van der Waals surface area (Å²) in [6.07, 6.45) is 0.780. The van der Waals surface area contributed by atoms with Crippen molar-refractivity contribution in [3.8, 4) is 16.9 Å². The van der Waals surface area contributed by atoms with Gasteiger partial charge in [-0.2, -0.15) is 0 Å².